The average Bonchev–Trinajstić information content (AvgIpc) is 3.53. The quantitative estimate of drug-likeness (QED) is 0.142. The predicted molar refractivity (Wildman–Crippen MR) is 179 cm³/mol. The number of nitrogens with two attached hydrogens (primary N) is 1. The normalized spacial score (nSPS) is 23.2. The Morgan fingerprint density at radius 2 is 1.91 bits per heavy atom. The van der Waals surface area contributed by atoms with E-state index >= 15 is 0 Å². The number of nitrogen functional groups attached to an aromatic ring is 1. The number of nitrogens with zero attached hydrogens (tertiary/aromatic N) is 5. The topological polar surface area (TPSA) is 175 Å². The van der Waals surface area contributed by atoms with Gasteiger partial charge in [-0.2, -0.15) is 5.26 Å². The van der Waals surface area contributed by atoms with E-state index in [1.165, 1.54) is 50.2 Å². The lowest BCUT2D eigenvalue weighted by Gasteiger charge is -2.29. The molecule has 0 spiro atoms. The Morgan fingerprint density at radius 1 is 1.13 bits per heavy atom. The molecule has 2 saturated heterocycles. The van der Waals surface area contributed by atoms with E-state index in [0.29, 0.717) is 12.0 Å². The van der Waals surface area contributed by atoms with Crippen LogP contribution >= 0.6 is 0 Å². The summed E-state index contributed by atoms with van der Waals surface area (Å²) in [5.41, 5.74) is 7.74. The minimum absolute atomic E-state index is 0.0911. The van der Waals surface area contributed by atoms with Gasteiger partial charge in [-0.05, 0) is 69.4 Å². The third kappa shape index (κ3) is 6.63. The van der Waals surface area contributed by atoms with Crippen molar-refractivity contribution in [1.29, 1.82) is 5.26 Å². The number of piperidine rings is 1. The molecule has 4 atom stereocenters. The zero-order chi connectivity index (χ0) is 33.0. The average molecular weight is 642 g/mol. The number of aliphatic hydroxyl groups is 3. The van der Waals surface area contributed by atoms with Crippen LogP contribution in [-0.4, -0.2) is 85.4 Å². The van der Waals surface area contributed by atoms with Crippen molar-refractivity contribution in [3.05, 3.63) is 66.0 Å². The van der Waals surface area contributed by atoms with E-state index in [0.717, 1.165) is 41.8 Å². The van der Waals surface area contributed by atoms with Crippen LogP contribution in [0, 0.1) is 11.3 Å². The number of hydrogen-bond donors (Lipinski definition) is 5. The highest BCUT2D eigenvalue weighted by Gasteiger charge is 2.54. The van der Waals surface area contributed by atoms with Crippen LogP contribution in [0.3, 0.4) is 0 Å². The first-order valence-electron chi connectivity index (χ1n) is 16.3. The fraction of sp³-hybridized carbons (Fsp3) is 0.457. The first kappa shape index (κ1) is 32.7. The summed E-state index contributed by atoms with van der Waals surface area (Å²) in [5, 5.41) is 45.8. The molecule has 0 bridgehead atoms. The molecule has 2 aliphatic heterocycles. The first-order chi connectivity index (χ1) is 22.8. The van der Waals surface area contributed by atoms with E-state index in [1.54, 1.807) is 0 Å². The van der Waals surface area contributed by atoms with Crippen LogP contribution in [0.1, 0.15) is 56.4 Å². The monoisotopic (exact) mass is 641 g/mol. The molecule has 4 aromatic rings. The van der Waals surface area contributed by atoms with Crippen molar-refractivity contribution in [2.45, 2.75) is 69.6 Å². The van der Waals surface area contributed by atoms with Gasteiger partial charge in [0, 0.05) is 12.1 Å². The highest BCUT2D eigenvalue weighted by Crippen LogP contribution is 2.44. The highest BCUT2D eigenvalue weighted by molar-refractivity contribution is 5.97. The van der Waals surface area contributed by atoms with E-state index in [9.17, 15) is 20.6 Å². The van der Waals surface area contributed by atoms with E-state index in [1.807, 2.05) is 36.4 Å². The summed E-state index contributed by atoms with van der Waals surface area (Å²) in [4.78, 5) is 11.0. The molecule has 4 heterocycles. The van der Waals surface area contributed by atoms with Crippen LogP contribution in [0.25, 0.3) is 22.2 Å². The smallest absolute Gasteiger partial charge is 0.168 e. The number of unbranched alkanes of at least 4 members (excludes halogenated alkanes) is 1. The zero-order valence-corrected chi connectivity index (χ0v) is 26.7. The second kappa shape index (κ2) is 14.3. The van der Waals surface area contributed by atoms with Gasteiger partial charge in [-0.25, -0.2) is 9.97 Å². The number of aromatic nitrogens is 3. The molecular weight excluding hydrogens is 598 g/mol. The second-order valence-electron chi connectivity index (χ2n) is 12.6. The Kier molecular flexibility index (Phi) is 9.91. The standard InChI is InChI=1S/C35H43N7O5/c1-35(45)30(44)28(21-43)47-34(35)42-32(26(19-36)29-31(37)39-22-40-33(29)42)38-20-23-12-13-25(24-10-4-2-5-11-24)27(18-23)46-17-9-8-16-41-14-6-3-7-15-41/h2,4-5,10-13,18,22,28,30,34,38,43-45H,3,6-9,14-17,20-21H2,1H3,(H2,37,39,40)/t28?,30-,34?,35-/m1/s1. The van der Waals surface area contributed by atoms with Crippen molar-refractivity contribution in [1.82, 2.24) is 19.4 Å². The van der Waals surface area contributed by atoms with Crippen LogP contribution in [0.5, 0.6) is 5.75 Å². The largest absolute Gasteiger partial charge is 0.493 e. The van der Waals surface area contributed by atoms with Gasteiger partial charge >= 0.3 is 0 Å². The number of nitrogens with one attached hydrogen (secondary N) is 1. The number of aliphatic hydroxyl groups excluding tert-OH is 2. The van der Waals surface area contributed by atoms with Crippen molar-refractivity contribution >= 4 is 22.7 Å². The van der Waals surface area contributed by atoms with Crippen molar-refractivity contribution in [3.63, 3.8) is 0 Å². The van der Waals surface area contributed by atoms with E-state index in [2.05, 4.69) is 38.4 Å². The molecule has 2 aromatic carbocycles. The molecule has 2 unspecified atom stereocenters. The number of nitriles is 1. The van der Waals surface area contributed by atoms with Gasteiger partial charge in [-0.3, -0.25) is 4.57 Å². The Bertz CT molecular complexity index is 1720. The third-order valence-corrected chi connectivity index (χ3v) is 9.26. The Balaban J connectivity index is 1.28. The third-order valence-electron chi connectivity index (χ3n) is 9.26. The Morgan fingerprint density at radius 3 is 2.64 bits per heavy atom. The molecule has 12 nitrogen and oxygen atoms in total. The minimum Gasteiger partial charge on any atom is -0.493 e. The number of benzene rings is 2. The van der Waals surface area contributed by atoms with Gasteiger partial charge in [0.15, 0.2) is 11.9 Å². The van der Waals surface area contributed by atoms with Crippen LogP contribution < -0.4 is 15.8 Å². The fourth-order valence-electron chi connectivity index (χ4n) is 6.67. The summed E-state index contributed by atoms with van der Waals surface area (Å²) in [7, 11) is 0. The molecule has 248 valence electrons. The lowest BCUT2D eigenvalue weighted by Crippen LogP contribution is -2.44. The summed E-state index contributed by atoms with van der Waals surface area (Å²) >= 11 is 0. The molecule has 47 heavy (non-hydrogen) atoms. The fourth-order valence-corrected chi connectivity index (χ4v) is 6.67. The number of anilines is 2. The SMILES string of the molecule is C[C@]1(O)C(n2c(NCc3ccc(-c4ccccc4)c(OCCCCN4CCCCC4)c3)c(C#N)c3c(N)ncnc32)OC(CO)[C@H]1O. The molecule has 0 aliphatic carbocycles. The molecule has 2 fully saturated rings. The molecule has 0 amide bonds. The molecule has 6 N–H and O–H groups in total. The summed E-state index contributed by atoms with van der Waals surface area (Å²) in [5.74, 6) is 1.15. The van der Waals surface area contributed by atoms with Gasteiger partial charge in [0.1, 0.15) is 53.2 Å². The van der Waals surface area contributed by atoms with Gasteiger partial charge in [-0.15, -0.1) is 0 Å². The van der Waals surface area contributed by atoms with Crippen molar-refractivity contribution < 1.29 is 24.8 Å². The Labute approximate surface area is 274 Å². The lowest BCUT2D eigenvalue weighted by atomic mass is 9.96. The maximum atomic E-state index is 11.4. The maximum Gasteiger partial charge on any atom is 0.168 e. The molecule has 0 saturated carbocycles. The highest BCUT2D eigenvalue weighted by atomic mass is 16.6. The molecule has 2 aliphatic rings. The number of ether oxygens (including phenoxy) is 2. The summed E-state index contributed by atoms with van der Waals surface area (Å²) in [6, 6.07) is 18.3. The summed E-state index contributed by atoms with van der Waals surface area (Å²) in [6.07, 6.45) is 3.56. The van der Waals surface area contributed by atoms with Crippen LogP contribution in [0.15, 0.2) is 54.9 Å². The summed E-state index contributed by atoms with van der Waals surface area (Å²) < 4.78 is 13.9. The van der Waals surface area contributed by atoms with E-state index in [-0.39, 0.29) is 29.4 Å². The number of rotatable bonds is 12. The first-order valence-corrected chi connectivity index (χ1v) is 16.3. The van der Waals surface area contributed by atoms with Crippen molar-refractivity contribution in [3.8, 4) is 22.9 Å². The van der Waals surface area contributed by atoms with Gasteiger partial charge in [0.2, 0.25) is 0 Å². The van der Waals surface area contributed by atoms with E-state index in [4.69, 9.17) is 15.2 Å². The van der Waals surface area contributed by atoms with Crippen LogP contribution in [0.4, 0.5) is 11.6 Å². The van der Waals surface area contributed by atoms with E-state index < -0.39 is 30.6 Å². The van der Waals surface area contributed by atoms with Crippen molar-refractivity contribution in [2.24, 2.45) is 0 Å². The second-order valence-corrected chi connectivity index (χ2v) is 12.6. The molecule has 0 radical (unpaired) electrons. The molecular formula is C35H43N7O5. The van der Waals surface area contributed by atoms with Gasteiger partial charge in [0.25, 0.3) is 0 Å². The van der Waals surface area contributed by atoms with Gasteiger partial charge in [0.05, 0.1) is 18.6 Å². The lowest BCUT2D eigenvalue weighted by molar-refractivity contribution is -0.0939. The number of likely N-dealkylation sites (tertiary alicyclic amines) is 1. The molecule has 2 aromatic heterocycles. The number of hydrogen-bond acceptors (Lipinski definition) is 11. The van der Waals surface area contributed by atoms with Crippen molar-refractivity contribution in [2.75, 3.05) is 43.9 Å². The molecule has 12 heteroatoms. The molecule has 6 rings (SSSR count). The number of fused-ring (bicyclic) bond motifs is 1. The predicted octanol–water partition coefficient (Wildman–Crippen LogP) is 3.81. The zero-order valence-electron chi connectivity index (χ0n) is 26.7. The van der Waals surface area contributed by atoms with Crippen LogP contribution in [-0.2, 0) is 11.3 Å². The van der Waals surface area contributed by atoms with Crippen LogP contribution in [0.2, 0.25) is 0 Å². The van der Waals surface area contributed by atoms with Gasteiger partial charge in [-0.1, -0.05) is 48.9 Å². The summed E-state index contributed by atoms with van der Waals surface area (Å²) in [6.45, 7) is 5.25. The van der Waals surface area contributed by atoms with Gasteiger partial charge < -0.3 is 40.7 Å². The minimum atomic E-state index is -1.82. The Hall–Kier alpha value is -4.25. The maximum absolute atomic E-state index is 11.4.